The fraction of sp³-hybridized carbons (Fsp3) is 0.435. The molecule has 1 saturated heterocycles. The van der Waals surface area contributed by atoms with Gasteiger partial charge in [0.2, 0.25) is 10.0 Å². The Bertz CT molecular complexity index is 1290. The monoisotopic (exact) mass is 513 g/mol. The largest absolute Gasteiger partial charge is 0.376 e. The number of aromatic nitrogens is 2. The second-order valence-corrected chi connectivity index (χ2v) is 10.9. The molecule has 1 aromatic heterocycles. The third-order valence-corrected chi connectivity index (χ3v) is 8.96. The standard InChI is InChI=1S/C23H26F3N3O3S2/c1-3-28(4-2)34(30,31)17-7-8-22-21(11-17)27-23(29(22)13-16-6-5-9-32-16)33-14-15-10-19(25)20(26)12-18(15)24/h7-8,10-12,16H,3-6,9,13-14H2,1-2H3. The average Bonchev–Trinajstić information content (AvgIpc) is 3.44. The summed E-state index contributed by atoms with van der Waals surface area (Å²) in [5, 5.41) is 0.520. The van der Waals surface area contributed by atoms with Crippen LogP contribution in [-0.2, 0) is 27.1 Å². The number of ether oxygens (including phenoxy) is 1. The first-order valence-corrected chi connectivity index (χ1v) is 13.5. The summed E-state index contributed by atoms with van der Waals surface area (Å²) in [5.41, 5.74) is 1.23. The average molecular weight is 514 g/mol. The molecule has 34 heavy (non-hydrogen) atoms. The molecule has 1 fully saturated rings. The molecule has 2 heterocycles. The summed E-state index contributed by atoms with van der Waals surface area (Å²) in [6.45, 7) is 5.44. The zero-order valence-corrected chi connectivity index (χ0v) is 20.6. The molecule has 11 heteroatoms. The Kier molecular flexibility index (Phi) is 7.56. The van der Waals surface area contributed by atoms with Crippen LogP contribution in [0.1, 0.15) is 32.3 Å². The minimum absolute atomic E-state index is 0.0177. The summed E-state index contributed by atoms with van der Waals surface area (Å²) in [5.74, 6) is -3.15. The van der Waals surface area contributed by atoms with Crippen LogP contribution in [0.2, 0.25) is 0 Å². The van der Waals surface area contributed by atoms with Crippen molar-refractivity contribution in [2.24, 2.45) is 0 Å². The van der Waals surface area contributed by atoms with Crippen LogP contribution in [0.3, 0.4) is 0 Å². The third kappa shape index (κ3) is 4.98. The second-order valence-electron chi connectivity index (χ2n) is 8.03. The summed E-state index contributed by atoms with van der Waals surface area (Å²) < 4.78 is 76.1. The number of hydrogen-bond acceptors (Lipinski definition) is 5. The Morgan fingerprint density at radius 2 is 1.85 bits per heavy atom. The van der Waals surface area contributed by atoms with E-state index in [0.29, 0.717) is 43.0 Å². The van der Waals surface area contributed by atoms with Crippen LogP contribution >= 0.6 is 11.8 Å². The van der Waals surface area contributed by atoms with E-state index in [4.69, 9.17) is 4.74 Å². The predicted molar refractivity (Wildman–Crippen MR) is 125 cm³/mol. The molecular weight excluding hydrogens is 487 g/mol. The summed E-state index contributed by atoms with van der Waals surface area (Å²) in [4.78, 5) is 4.77. The lowest BCUT2D eigenvalue weighted by Crippen LogP contribution is -2.30. The van der Waals surface area contributed by atoms with Crippen LogP contribution < -0.4 is 0 Å². The number of sulfonamides is 1. The van der Waals surface area contributed by atoms with Crippen molar-refractivity contribution >= 4 is 32.8 Å². The van der Waals surface area contributed by atoms with Gasteiger partial charge in [-0.25, -0.2) is 26.6 Å². The number of nitrogens with zero attached hydrogens (tertiary/aromatic N) is 3. The Morgan fingerprint density at radius 1 is 1.12 bits per heavy atom. The van der Waals surface area contributed by atoms with Crippen molar-refractivity contribution in [3.63, 3.8) is 0 Å². The molecule has 184 valence electrons. The van der Waals surface area contributed by atoms with Gasteiger partial charge in [-0.3, -0.25) is 0 Å². The first-order valence-electron chi connectivity index (χ1n) is 11.1. The van der Waals surface area contributed by atoms with Gasteiger partial charge >= 0.3 is 0 Å². The van der Waals surface area contributed by atoms with Gasteiger partial charge < -0.3 is 9.30 Å². The Labute approximate surface area is 201 Å². The van der Waals surface area contributed by atoms with Crippen molar-refractivity contribution in [3.8, 4) is 0 Å². The molecule has 1 atom stereocenters. The van der Waals surface area contributed by atoms with E-state index in [1.54, 1.807) is 26.0 Å². The lowest BCUT2D eigenvalue weighted by molar-refractivity contribution is 0.0960. The highest BCUT2D eigenvalue weighted by molar-refractivity contribution is 7.98. The summed E-state index contributed by atoms with van der Waals surface area (Å²) >= 11 is 1.17. The van der Waals surface area contributed by atoms with E-state index in [-0.39, 0.29) is 22.3 Å². The quantitative estimate of drug-likeness (QED) is 0.299. The first kappa shape index (κ1) is 25.0. The molecule has 6 nitrogen and oxygen atoms in total. The smallest absolute Gasteiger partial charge is 0.243 e. The number of hydrogen-bond donors (Lipinski definition) is 0. The first-order chi connectivity index (χ1) is 16.2. The van der Waals surface area contributed by atoms with Crippen LogP contribution in [0.4, 0.5) is 13.2 Å². The minimum atomic E-state index is -3.66. The van der Waals surface area contributed by atoms with Crippen molar-refractivity contribution in [1.29, 1.82) is 0 Å². The molecule has 0 radical (unpaired) electrons. The molecule has 3 aromatic rings. The molecule has 1 aliphatic heterocycles. The molecule has 0 N–H and O–H groups in total. The Hall–Kier alpha value is -2.08. The van der Waals surface area contributed by atoms with Gasteiger partial charge in [-0.05, 0) is 37.1 Å². The van der Waals surface area contributed by atoms with Gasteiger partial charge in [0.1, 0.15) is 5.82 Å². The van der Waals surface area contributed by atoms with Crippen LogP contribution in [-0.4, -0.2) is 48.1 Å². The maximum atomic E-state index is 14.2. The van der Waals surface area contributed by atoms with Crippen molar-refractivity contribution < 1.29 is 26.3 Å². The summed E-state index contributed by atoms with van der Waals surface area (Å²) in [7, 11) is -3.66. The van der Waals surface area contributed by atoms with E-state index in [1.807, 2.05) is 4.57 Å². The van der Waals surface area contributed by atoms with Crippen LogP contribution in [0.15, 0.2) is 40.4 Å². The maximum Gasteiger partial charge on any atom is 0.243 e. The molecule has 2 aromatic carbocycles. The Morgan fingerprint density at radius 3 is 2.53 bits per heavy atom. The number of fused-ring (bicyclic) bond motifs is 1. The number of imidazole rings is 1. The molecule has 0 aliphatic carbocycles. The molecule has 0 spiro atoms. The predicted octanol–water partition coefficient (Wildman–Crippen LogP) is 4.96. The molecule has 0 saturated carbocycles. The van der Waals surface area contributed by atoms with E-state index < -0.39 is 27.5 Å². The molecule has 0 bridgehead atoms. The lowest BCUT2D eigenvalue weighted by atomic mass is 10.2. The van der Waals surface area contributed by atoms with Crippen LogP contribution in [0.5, 0.6) is 0 Å². The van der Waals surface area contributed by atoms with Gasteiger partial charge in [0.05, 0.1) is 28.6 Å². The van der Waals surface area contributed by atoms with Gasteiger partial charge in [0, 0.05) is 37.1 Å². The van der Waals surface area contributed by atoms with Gasteiger partial charge in [0.15, 0.2) is 16.8 Å². The lowest BCUT2D eigenvalue weighted by Gasteiger charge is -2.18. The van der Waals surface area contributed by atoms with E-state index in [0.717, 1.165) is 24.4 Å². The van der Waals surface area contributed by atoms with E-state index in [9.17, 15) is 21.6 Å². The van der Waals surface area contributed by atoms with Crippen molar-refractivity contribution in [2.45, 2.75) is 55.1 Å². The molecule has 0 amide bonds. The highest BCUT2D eigenvalue weighted by Gasteiger charge is 2.25. The maximum absolute atomic E-state index is 14.2. The van der Waals surface area contributed by atoms with E-state index >= 15 is 0 Å². The number of thioether (sulfide) groups is 1. The van der Waals surface area contributed by atoms with Gasteiger partial charge in [-0.15, -0.1) is 0 Å². The number of halogens is 3. The zero-order chi connectivity index (χ0) is 24.5. The van der Waals surface area contributed by atoms with E-state index in [1.165, 1.54) is 22.1 Å². The summed E-state index contributed by atoms with van der Waals surface area (Å²) in [6, 6.07) is 6.20. The van der Waals surface area contributed by atoms with E-state index in [2.05, 4.69) is 4.98 Å². The van der Waals surface area contributed by atoms with Gasteiger partial charge in [-0.1, -0.05) is 25.6 Å². The zero-order valence-electron chi connectivity index (χ0n) is 18.9. The van der Waals surface area contributed by atoms with Gasteiger partial charge in [-0.2, -0.15) is 4.31 Å². The minimum Gasteiger partial charge on any atom is -0.376 e. The molecular formula is C23H26F3N3O3S2. The highest BCUT2D eigenvalue weighted by Crippen LogP contribution is 2.31. The van der Waals surface area contributed by atoms with Crippen molar-refractivity contribution in [1.82, 2.24) is 13.9 Å². The van der Waals surface area contributed by atoms with Crippen molar-refractivity contribution in [2.75, 3.05) is 19.7 Å². The second kappa shape index (κ2) is 10.3. The topological polar surface area (TPSA) is 64.4 Å². The SMILES string of the molecule is CCN(CC)S(=O)(=O)c1ccc2c(c1)nc(SCc1cc(F)c(F)cc1F)n2CC1CCCO1. The fourth-order valence-corrected chi connectivity index (χ4v) is 6.53. The number of rotatable bonds is 9. The van der Waals surface area contributed by atoms with Crippen LogP contribution in [0.25, 0.3) is 11.0 Å². The molecule has 1 unspecified atom stereocenters. The fourth-order valence-electron chi connectivity index (χ4n) is 4.06. The number of benzene rings is 2. The normalized spacial score (nSPS) is 16.7. The summed E-state index contributed by atoms with van der Waals surface area (Å²) in [6.07, 6.45) is 1.82. The van der Waals surface area contributed by atoms with Gasteiger partial charge in [0.25, 0.3) is 0 Å². The third-order valence-electron chi connectivity index (χ3n) is 5.88. The Balaban J connectivity index is 1.71. The highest BCUT2D eigenvalue weighted by atomic mass is 32.2. The van der Waals surface area contributed by atoms with Crippen molar-refractivity contribution in [3.05, 3.63) is 53.3 Å². The van der Waals surface area contributed by atoms with Crippen LogP contribution in [0, 0.1) is 17.5 Å². The molecule has 1 aliphatic rings. The molecule has 4 rings (SSSR count).